The van der Waals surface area contributed by atoms with E-state index in [0.29, 0.717) is 17.9 Å². The number of nitrogens with zero attached hydrogens (tertiary/aromatic N) is 1. The second-order valence-corrected chi connectivity index (χ2v) is 5.84. The zero-order chi connectivity index (χ0) is 17.3. The van der Waals surface area contributed by atoms with Crippen molar-refractivity contribution in [3.05, 3.63) is 53.6 Å². The lowest BCUT2D eigenvalue weighted by Gasteiger charge is -2.33. The summed E-state index contributed by atoms with van der Waals surface area (Å²) in [6.07, 6.45) is -0.412. The number of aryl methyl sites for hydroxylation is 1. The summed E-state index contributed by atoms with van der Waals surface area (Å²) in [5.41, 5.74) is 7.76. The molecule has 1 atom stereocenters. The lowest BCUT2D eigenvalue weighted by Crippen LogP contribution is -2.49. The van der Waals surface area contributed by atoms with Gasteiger partial charge in [-0.3, -0.25) is 14.5 Å². The highest BCUT2D eigenvalue weighted by molar-refractivity contribution is 6.03. The molecule has 0 saturated carbocycles. The standard InChI is InChI=1S/C18H18N2O4/c1-11-2-4-12(5-3-11)8-16-18(23)20(10-17(19)22)14-7-6-13(21)9-15(14)24-16/h2-7,9,16,21H,8,10H2,1H3,(H2,19,22). The number of benzene rings is 2. The van der Waals surface area contributed by atoms with Crippen LogP contribution < -0.4 is 15.4 Å². The molecule has 0 fully saturated rings. The van der Waals surface area contributed by atoms with Crippen LogP contribution in [0.2, 0.25) is 0 Å². The Labute approximate surface area is 139 Å². The quantitative estimate of drug-likeness (QED) is 0.891. The zero-order valence-corrected chi connectivity index (χ0v) is 13.2. The molecule has 0 aromatic heterocycles. The lowest BCUT2D eigenvalue weighted by atomic mass is 10.0. The molecule has 3 N–H and O–H groups in total. The third-order valence-corrected chi connectivity index (χ3v) is 3.90. The summed E-state index contributed by atoms with van der Waals surface area (Å²) in [4.78, 5) is 25.3. The molecule has 2 amide bonds. The number of phenols is 1. The molecule has 6 nitrogen and oxygen atoms in total. The van der Waals surface area contributed by atoms with Crippen molar-refractivity contribution in [3.63, 3.8) is 0 Å². The van der Waals surface area contributed by atoms with Crippen LogP contribution in [0.5, 0.6) is 11.5 Å². The zero-order valence-electron chi connectivity index (χ0n) is 13.2. The van der Waals surface area contributed by atoms with E-state index in [1.165, 1.54) is 23.1 Å². The van der Waals surface area contributed by atoms with Gasteiger partial charge in [-0.15, -0.1) is 0 Å². The fraction of sp³-hybridized carbons (Fsp3) is 0.222. The highest BCUT2D eigenvalue weighted by Gasteiger charge is 2.35. The van der Waals surface area contributed by atoms with Gasteiger partial charge in [-0.2, -0.15) is 0 Å². The van der Waals surface area contributed by atoms with E-state index in [-0.39, 0.29) is 18.2 Å². The summed E-state index contributed by atoms with van der Waals surface area (Å²) in [5, 5.41) is 9.65. The van der Waals surface area contributed by atoms with Crippen molar-refractivity contribution >= 4 is 17.5 Å². The first-order valence-corrected chi connectivity index (χ1v) is 7.59. The number of anilines is 1. The molecule has 24 heavy (non-hydrogen) atoms. The van der Waals surface area contributed by atoms with Crippen LogP contribution >= 0.6 is 0 Å². The van der Waals surface area contributed by atoms with Crippen molar-refractivity contribution in [2.45, 2.75) is 19.4 Å². The van der Waals surface area contributed by atoms with E-state index in [4.69, 9.17) is 10.5 Å². The molecule has 6 heteroatoms. The van der Waals surface area contributed by atoms with Gasteiger partial charge in [0.25, 0.3) is 5.91 Å². The Morgan fingerprint density at radius 1 is 1.25 bits per heavy atom. The Hall–Kier alpha value is -3.02. The highest BCUT2D eigenvalue weighted by Crippen LogP contribution is 2.37. The van der Waals surface area contributed by atoms with Crippen molar-refractivity contribution in [3.8, 4) is 11.5 Å². The molecule has 124 valence electrons. The number of rotatable bonds is 4. The monoisotopic (exact) mass is 326 g/mol. The van der Waals surface area contributed by atoms with Crippen molar-refractivity contribution in [1.29, 1.82) is 0 Å². The predicted octanol–water partition coefficient (Wildman–Crippen LogP) is 1.52. The number of ether oxygens (including phenoxy) is 1. The average molecular weight is 326 g/mol. The number of nitrogens with two attached hydrogens (primary N) is 1. The third-order valence-electron chi connectivity index (χ3n) is 3.90. The maximum Gasteiger partial charge on any atom is 0.268 e. The van der Waals surface area contributed by atoms with E-state index in [2.05, 4.69) is 0 Å². The van der Waals surface area contributed by atoms with Gasteiger partial charge in [0.2, 0.25) is 5.91 Å². The fourth-order valence-electron chi connectivity index (χ4n) is 2.70. The number of fused-ring (bicyclic) bond motifs is 1. The molecule has 1 heterocycles. The second kappa shape index (κ2) is 6.23. The van der Waals surface area contributed by atoms with Gasteiger partial charge in [-0.1, -0.05) is 29.8 Å². The Kier molecular flexibility index (Phi) is 4.12. The average Bonchev–Trinajstić information content (AvgIpc) is 2.53. The summed E-state index contributed by atoms with van der Waals surface area (Å²) in [6.45, 7) is 1.75. The predicted molar refractivity (Wildman–Crippen MR) is 89.0 cm³/mol. The van der Waals surface area contributed by atoms with Crippen LogP contribution in [-0.2, 0) is 16.0 Å². The third kappa shape index (κ3) is 3.17. The van der Waals surface area contributed by atoms with Gasteiger partial charge < -0.3 is 15.6 Å². The Morgan fingerprint density at radius 2 is 1.96 bits per heavy atom. The van der Waals surface area contributed by atoms with Crippen molar-refractivity contribution in [2.75, 3.05) is 11.4 Å². The molecule has 1 aliphatic rings. The Balaban J connectivity index is 1.92. The maximum absolute atomic E-state index is 12.7. The number of hydrogen-bond acceptors (Lipinski definition) is 4. The number of phenolic OH excluding ortho intramolecular Hbond substituents is 1. The summed E-state index contributed by atoms with van der Waals surface area (Å²) in [7, 11) is 0. The summed E-state index contributed by atoms with van der Waals surface area (Å²) in [6, 6.07) is 12.2. The van der Waals surface area contributed by atoms with Crippen LogP contribution in [0.4, 0.5) is 5.69 Å². The number of amides is 2. The highest BCUT2D eigenvalue weighted by atomic mass is 16.5. The van der Waals surface area contributed by atoms with Crippen LogP contribution in [0.15, 0.2) is 42.5 Å². The van der Waals surface area contributed by atoms with E-state index < -0.39 is 12.0 Å². The molecule has 1 aliphatic heterocycles. The second-order valence-electron chi connectivity index (χ2n) is 5.84. The summed E-state index contributed by atoms with van der Waals surface area (Å²) >= 11 is 0. The first-order chi connectivity index (χ1) is 11.4. The fourth-order valence-corrected chi connectivity index (χ4v) is 2.70. The van der Waals surface area contributed by atoms with Gasteiger partial charge in [0.1, 0.15) is 18.0 Å². The van der Waals surface area contributed by atoms with Gasteiger partial charge in [-0.25, -0.2) is 0 Å². The smallest absolute Gasteiger partial charge is 0.268 e. The molecule has 2 aromatic rings. The first kappa shape index (κ1) is 15.9. The number of aromatic hydroxyl groups is 1. The van der Waals surface area contributed by atoms with Crippen molar-refractivity contribution < 1.29 is 19.4 Å². The molecule has 3 rings (SSSR count). The molecular formula is C18H18N2O4. The molecule has 0 aliphatic carbocycles. The van der Waals surface area contributed by atoms with E-state index in [0.717, 1.165) is 11.1 Å². The minimum absolute atomic E-state index is 0.0243. The van der Waals surface area contributed by atoms with Crippen molar-refractivity contribution in [1.82, 2.24) is 0 Å². The van der Waals surface area contributed by atoms with Crippen LogP contribution in [0, 0.1) is 6.92 Å². The molecule has 1 unspecified atom stereocenters. The maximum atomic E-state index is 12.7. The minimum Gasteiger partial charge on any atom is -0.508 e. The van der Waals surface area contributed by atoms with E-state index in [1.54, 1.807) is 0 Å². The van der Waals surface area contributed by atoms with Crippen LogP contribution in [0.1, 0.15) is 11.1 Å². The van der Waals surface area contributed by atoms with Crippen molar-refractivity contribution in [2.24, 2.45) is 5.73 Å². The summed E-state index contributed by atoms with van der Waals surface area (Å²) < 4.78 is 5.77. The largest absolute Gasteiger partial charge is 0.508 e. The molecule has 2 aromatic carbocycles. The normalized spacial score (nSPS) is 16.5. The molecule has 0 radical (unpaired) electrons. The molecule has 0 saturated heterocycles. The van der Waals surface area contributed by atoms with Gasteiger partial charge >= 0.3 is 0 Å². The molecular weight excluding hydrogens is 308 g/mol. The number of hydrogen-bond donors (Lipinski definition) is 2. The first-order valence-electron chi connectivity index (χ1n) is 7.59. The topological polar surface area (TPSA) is 92.9 Å². The number of carbonyl (C=O) groups is 2. The molecule has 0 spiro atoms. The van der Waals surface area contributed by atoms with Crippen LogP contribution in [0.25, 0.3) is 0 Å². The van der Waals surface area contributed by atoms with E-state index >= 15 is 0 Å². The van der Waals surface area contributed by atoms with Gasteiger partial charge in [0.05, 0.1) is 5.69 Å². The number of primary amides is 1. The van der Waals surface area contributed by atoms with Crippen LogP contribution in [0.3, 0.4) is 0 Å². The SMILES string of the molecule is Cc1ccc(CC2Oc3cc(O)ccc3N(CC(N)=O)C2=O)cc1. The van der Waals surface area contributed by atoms with E-state index in [9.17, 15) is 14.7 Å². The molecule has 0 bridgehead atoms. The Bertz CT molecular complexity index is 786. The summed E-state index contributed by atoms with van der Waals surface area (Å²) in [5.74, 6) is -0.560. The van der Waals surface area contributed by atoms with Gasteiger partial charge in [-0.05, 0) is 24.6 Å². The lowest BCUT2D eigenvalue weighted by molar-refractivity contribution is -0.128. The van der Waals surface area contributed by atoms with E-state index in [1.807, 2.05) is 31.2 Å². The Morgan fingerprint density at radius 3 is 2.62 bits per heavy atom. The van der Waals surface area contributed by atoms with Gasteiger partial charge in [0, 0.05) is 12.5 Å². The van der Waals surface area contributed by atoms with Gasteiger partial charge in [0.15, 0.2) is 6.10 Å². The van der Waals surface area contributed by atoms with Crippen LogP contribution in [-0.4, -0.2) is 29.6 Å². The minimum atomic E-state index is -0.777. The number of carbonyl (C=O) groups excluding carboxylic acids is 2.